The van der Waals surface area contributed by atoms with Gasteiger partial charge in [-0.3, -0.25) is 9.59 Å². The Bertz CT molecular complexity index is 1050. The zero-order valence-electron chi connectivity index (χ0n) is 17.2. The molecule has 0 bridgehead atoms. The molecule has 3 aromatic rings. The predicted octanol–water partition coefficient (Wildman–Crippen LogP) is 4.66. The summed E-state index contributed by atoms with van der Waals surface area (Å²) in [5, 5.41) is 0. The van der Waals surface area contributed by atoms with E-state index in [1.807, 2.05) is 60.7 Å². The second-order valence-corrected chi connectivity index (χ2v) is 7.85. The van der Waals surface area contributed by atoms with Crippen LogP contribution in [0.1, 0.15) is 28.7 Å². The lowest BCUT2D eigenvalue weighted by molar-refractivity contribution is -0.152. The topological polar surface area (TPSA) is 46.6 Å². The zero-order chi connectivity index (χ0) is 21.6. The lowest BCUT2D eigenvalue weighted by Crippen LogP contribution is -2.31. The summed E-state index contributed by atoms with van der Waals surface area (Å²) in [6.45, 7) is 0.974. The highest BCUT2D eigenvalue weighted by atomic mass is 19.1. The van der Waals surface area contributed by atoms with Gasteiger partial charge in [0.25, 0.3) is 0 Å². The minimum Gasteiger partial charge on any atom is -0.461 e. The van der Waals surface area contributed by atoms with Gasteiger partial charge in [-0.05, 0) is 40.8 Å². The number of fused-ring (bicyclic) bond motifs is 1. The molecule has 0 saturated carbocycles. The van der Waals surface area contributed by atoms with Crippen LogP contribution in [0.5, 0.6) is 0 Å². The second kappa shape index (κ2) is 9.56. The monoisotopic (exact) mass is 417 g/mol. The molecule has 0 unspecified atom stereocenters. The average Bonchev–Trinajstić information content (AvgIpc) is 3.22. The highest BCUT2D eigenvalue weighted by molar-refractivity contribution is 5.83. The molecule has 1 atom stereocenters. The number of carbonyl (C=O) groups is 2. The van der Waals surface area contributed by atoms with Crippen molar-refractivity contribution >= 4 is 11.9 Å². The molecule has 0 fully saturated rings. The maximum absolute atomic E-state index is 13.5. The highest BCUT2D eigenvalue weighted by Gasteiger charge is 2.29. The molecule has 3 aromatic carbocycles. The van der Waals surface area contributed by atoms with Gasteiger partial charge in [-0.15, -0.1) is 0 Å². The number of esters is 1. The minimum absolute atomic E-state index is 0.0546. The number of carbonyl (C=O) groups excluding carboxylic acids is 2. The molecule has 1 aliphatic heterocycles. The van der Waals surface area contributed by atoms with Gasteiger partial charge in [0.05, 0.1) is 5.92 Å². The van der Waals surface area contributed by atoms with Gasteiger partial charge in [0.1, 0.15) is 12.4 Å². The molecule has 0 aromatic heterocycles. The zero-order valence-corrected chi connectivity index (χ0v) is 17.2. The molecule has 0 saturated heterocycles. The molecule has 0 N–H and O–H groups in total. The van der Waals surface area contributed by atoms with E-state index in [9.17, 15) is 14.0 Å². The fourth-order valence-electron chi connectivity index (χ4n) is 3.86. The predicted molar refractivity (Wildman–Crippen MR) is 115 cm³/mol. The first-order valence-electron chi connectivity index (χ1n) is 10.4. The third-order valence-corrected chi connectivity index (χ3v) is 5.55. The van der Waals surface area contributed by atoms with E-state index in [1.54, 1.807) is 11.0 Å². The Morgan fingerprint density at radius 2 is 1.52 bits per heavy atom. The summed E-state index contributed by atoms with van der Waals surface area (Å²) in [6.07, 6.45) is 0.481. The maximum Gasteiger partial charge on any atom is 0.310 e. The first-order chi connectivity index (χ1) is 15.1. The number of benzene rings is 3. The van der Waals surface area contributed by atoms with E-state index in [0.717, 1.165) is 22.3 Å². The largest absolute Gasteiger partial charge is 0.461 e. The summed E-state index contributed by atoms with van der Waals surface area (Å²) in [5.74, 6) is -1.41. The van der Waals surface area contributed by atoms with Crippen molar-refractivity contribution in [3.8, 4) is 0 Å². The van der Waals surface area contributed by atoms with E-state index in [1.165, 1.54) is 12.1 Å². The van der Waals surface area contributed by atoms with Crippen LogP contribution in [-0.2, 0) is 40.4 Å². The Morgan fingerprint density at radius 3 is 2.23 bits per heavy atom. The molecule has 0 radical (unpaired) electrons. The third-order valence-electron chi connectivity index (χ3n) is 5.55. The first kappa shape index (κ1) is 20.8. The summed E-state index contributed by atoms with van der Waals surface area (Å²) >= 11 is 0. The van der Waals surface area contributed by atoms with Gasteiger partial charge in [0.15, 0.2) is 0 Å². The first-order valence-corrected chi connectivity index (χ1v) is 10.4. The SMILES string of the molecule is O=C(OCc1ccccc1)[C@H](CC(=O)N1Cc2ccc(F)cc2C1)Cc1ccccc1. The van der Waals surface area contributed by atoms with E-state index >= 15 is 0 Å². The van der Waals surface area contributed by atoms with Crippen molar-refractivity contribution in [2.75, 3.05) is 0 Å². The molecule has 31 heavy (non-hydrogen) atoms. The molecule has 5 heteroatoms. The quantitative estimate of drug-likeness (QED) is 0.525. The fraction of sp³-hybridized carbons (Fsp3) is 0.231. The van der Waals surface area contributed by atoms with Crippen molar-refractivity contribution < 1.29 is 18.7 Å². The van der Waals surface area contributed by atoms with E-state index in [2.05, 4.69) is 0 Å². The molecular weight excluding hydrogens is 393 g/mol. The summed E-state index contributed by atoms with van der Waals surface area (Å²) in [6, 6.07) is 23.7. The lowest BCUT2D eigenvalue weighted by atomic mass is 9.95. The Hall–Kier alpha value is -3.47. The van der Waals surface area contributed by atoms with Crippen molar-refractivity contribution in [2.24, 2.45) is 5.92 Å². The van der Waals surface area contributed by atoms with Crippen molar-refractivity contribution in [1.82, 2.24) is 4.90 Å². The number of amides is 1. The number of ether oxygens (including phenoxy) is 1. The van der Waals surface area contributed by atoms with Gasteiger partial charge in [-0.2, -0.15) is 0 Å². The van der Waals surface area contributed by atoms with Crippen molar-refractivity contribution in [3.05, 3.63) is 107 Å². The van der Waals surface area contributed by atoms with Crippen LogP contribution in [0.2, 0.25) is 0 Å². The molecule has 158 valence electrons. The number of hydrogen-bond acceptors (Lipinski definition) is 3. The number of nitrogens with zero attached hydrogens (tertiary/aromatic N) is 1. The van der Waals surface area contributed by atoms with Crippen LogP contribution < -0.4 is 0 Å². The van der Waals surface area contributed by atoms with Crippen LogP contribution in [-0.4, -0.2) is 16.8 Å². The van der Waals surface area contributed by atoms with Gasteiger partial charge in [-0.1, -0.05) is 66.7 Å². The second-order valence-electron chi connectivity index (χ2n) is 7.85. The van der Waals surface area contributed by atoms with Crippen LogP contribution in [0, 0.1) is 11.7 Å². The summed E-state index contributed by atoms with van der Waals surface area (Å²) in [5.41, 5.74) is 3.64. The van der Waals surface area contributed by atoms with Crippen molar-refractivity contribution in [1.29, 1.82) is 0 Å². The van der Waals surface area contributed by atoms with Gasteiger partial charge in [0, 0.05) is 19.5 Å². The Labute approximate surface area is 181 Å². The number of halogens is 1. The van der Waals surface area contributed by atoms with Crippen LogP contribution >= 0.6 is 0 Å². The normalized spacial score (nSPS) is 13.5. The van der Waals surface area contributed by atoms with E-state index in [-0.39, 0.29) is 30.7 Å². The summed E-state index contributed by atoms with van der Waals surface area (Å²) < 4.78 is 19.1. The van der Waals surface area contributed by atoms with E-state index in [4.69, 9.17) is 4.74 Å². The molecular formula is C26H24FNO3. The molecule has 1 aliphatic rings. The lowest BCUT2D eigenvalue weighted by Gasteiger charge is -2.20. The minimum atomic E-state index is -0.584. The number of hydrogen-bond donors (Lipinski definition) is 0. The molecule has 0 aliphatic carbocycles. The van der Waals surface area contributed by atoms with Gasteiger partial charge >= 0.3 is 5.97 Å². The Morgan fingerprint density at radius 1 is 0.871 bits per heavy atom. The molecule has 4 nitrogen and oxygen atoms in total. The fourth-order valence-corrected chi connectivity index (χ4v) is 3.86. The highest BCUT2D eigenvalue weighted by Crippen LogP contribution is 2.26. The molecule has 0 spiro atoms. The standard InChI is InChI=1S/C26H24FNO3/c27-24-12-11-21-16-28(17-23(21)14-24)25(29)15-22(13-19-7-3-1-4-8-19)26(30)31-18-20-9-5-2-6-10-20/h1-12,14,22H,13,15-18H2/t22-/m0/s1. The van der Waals surface area contributed by atoms with Crippen LogP contribution in [0.4, 0.5) is 4.39 Å². The summed E-state index contributed by atoms with van der Waals surface area (Å²) in [7, 11) is 0. The summed E-state index contributed by atoms with van der Waals surface area (Å²) in [4.78, 5) is 27.6. The van der Waals surface area contributed by atoms with E-state index < -0.39 is 5.92 Å². The van der Waals surface area contributed by atoms with Crippen molar-refractivity contribution in [2.45, 2.75) is 32.5 Å². The molecule has 1 heterocycles. The van der Waals surface area contributed by atoms with Gasteiger partial charge in [0.2, 0.25) is 5.91 Å². The maximum atomic E-state index is 13.5. The smallest absolute Gasteiger partial charge is 0.310 e. The average molecular weight is 417 g/mol. The Kier molecular flexibility index (Phi) is 6.41. The van der Waals surface area contributed by atoms with Crippen LogP contribution in [0.15, 0.2) is 78.9 Å². The third kappa shape index (κ3) is 5.37. The van der Waals surface area contributed by atoms with Gasteiger partial charge < -0.3 is 9.64 Å². The Balaban J connectivity index is 1.43. The van der Waals surface area contributed by atoms with Crippen LogP contribution in [0.25, 0.3) is 0 Å². The van der Waals surface area contributed by atoms with Crippen LogP contribution in [0.3, 0.4) is 0 Å². The molecule has 4 rings (SSSR count). The van der Waals surface area contributed by atoms with Crippen molar-refractivity contribution in [3.63, 3.8) is 0 Å². The number of rotatable bonds is 7. The van der Waals surface area contributed by atoms with Gasteiger partial charge in [-0.25, -0.2) is 4.39 Å². The van der Waals surface area contributed by atoms with E-state index in [0.29, 0.717) is 19.5 Å². The molecule has 1 amide bonds.